The SMILES string of the molecule is COC(=O)[C@@H]1CCCN1C(=O)CC(Cc1cccc2ccccc12)C(=O)N[C@@H](Cc1cnc[nH]1)C(=O)N[C@@H](CC(C)C)C(O)C(=O)O. The number of likely N-dealkylation sites (tertiary alicyclic amines) is 1. The van der Waals surface area contributed by atoms with Gasteiger partial charge in [0.25, 0.3) is 0 Å². The lowest BCUT2D eigenvalue weighted by atomic mass is 9.91. The molecule has 2 unspecified atom stereocenters. The third kappa shape index (κ3) is 9.16. The number of carbonyl (C=O) groups excluding carboxylic acids is 4. The second-order valence-corrected chi connectivity index (χ2v) is 12.4. The van der Waals surface area contributed by atoms with Gasteiger partial charge in [0.2, 0.25) is 17.7 Å². The zero-order valence-electron chi connectivity index (χ0n) is 26.8. The molecule has 3 aromatic rings. The van der Waals surface area contributed by atoms with E-state index in [2.05, 4.69) is 20.6 Å². The van der Waals surface area contributed by atoms with Crippen molar-refractivity contribution < 1.29 is 38.9 Å². The van der Waals surface area contributed by atoms with Crippen LogP contribution in [-0.2, 0) is 41.6 Å². The van der Waals surface area contributed by atoms with Gasteiger partial charge in [-0.25, -0.2) is 14.6 Å². The fourth-order valence-corrected chi connectivity index (χ4v) is 6.11. The minimum atomic E-state index is -1.86. The number of carbonyl (C=O) groups is 5. The summed E-state index contributed by atoms with van der Waals surface area (Å²) < 4.78 is 4.91. The number of methoxy groups -OCH3 is 1. The molecule has 1 aromatic heterocycles. The average molecular weight is 650 g/mol. The first-order valence-electron chi connectivity index (χ1n) is 15.8. The molecule has 0 aliphatic carbocycles. The van der Waals surface area contributed by atoms with Crippen molar-refractivity contribution in [1.82, 2.24) is 25.5 Å². The van der Waals surface area contributed by atoms with Crippen molar-refractivity contribution in [3.63, 3.8) is 0 Å². The molecule has 1 saturated heterocycles. The highest BCUT2D eigenvalue weighted by molar-refractivity contribution is 5.93. The number of hydrogen-bond acceptors (Lipinski definition) is 8. The number of carboxylic acids is 1. The summed E-state index contributed by atoms with van der Waals surface area (Å²) >= 11 is 0. The lowest BCUT2D eigenvalue weighted by molar-refractivity contribution is -0.151. The first-order valence-corrected chi connectivity index (χ1v) is 15.8. The number of aromatic nitrogens is 2. The fraction of sp³-hybridized carbons (Fsp3) is 0.471. The molecule has 1 aliphatic heterocycles. The van der Waals surface area contributed by atoms with Crippen molar-refractivity contribution in [3.05, 3.63) is 66.2 Å². The van der Waals surface area contributed by atoms with E-state index in [0.29, 0.717) is 25.1 Å². The topological polar surface area (TPSA) is 191 Å². The van der Waals surface area contributed by atoms with Crippen LogP contribution in [0, 0.1) is 11.8 Å². The molecule has 0 spiro atoms. The Morgan fingerprint density at radius 1 is 1.04 bits per heavy atom. The van der Waals surface area contributed by atoms with Crippen molar-refractivity contribution in [1.29, 1.82) is 0 Å². The van der Waals surface area contributed by atoms with Gasteiger partial charge in [0.05, 0.1) is 25.4 Å². The number of rotatable bonds is 15. The molecule has 47 heavy (non-hydrogen) atoms. The molecule has 5 atom stereocenters. The highest BCUT2D eigenvalue weighted by Gasteiger charge is 2.38. The largest absolute Gasteiger partial charge is 0.479 e. The van der Waals surface area contributed by atoms with Gasteiger partial charge in [-0.15, -0.1) is 0 Å². The van der Waals surface area contributed by atoms with Crippen molar-refractivity contribution in [2.45, 2.75) is 76.6 Å². The van der Waals surface area contributed by atoms with E-state index >= 15 is 0 Å². The Hall–Kier alpha value is -4.78. The fourth-order valence-electron chi connectivity index (χ4n) is 6.11. The van der Waals surface area contributed by atoms with E-state index < -0.39 is 53.9 Å². The van der Waals surface area contributed by atoms with Gasteiger partial charge < -0.3 is 35.5 Å². The van der Waals surface area contributed by atoms with Crippen LogP contribution in [0.4, 0.5) is 0 Å². The number of nitrogens with zero attached hydrogens (tertiary/aromatic N) is 2. The predicted molar refractivity (Wildman–Crippen MR) is 172 cm³/mol. The third-order valence-electron chi connectivity index (χ3n) is 8.48. The van der Waals surface area contributed by atoms with E-state index in [1.807, 2.05) is 56.3 Å². The molecule has 2 heterocycles. The third-order valence-corrected chi connectivity index (χ3v) is 8.48. The molecule has 0 radical (unpaired) electrons. The Bertz CT molecular complexity index is 1550. The number of aliphatic hydroxyl groups excluding tert-OH is 1. The molecular weight excluding hydrogens is 606 g/mol. The number of imidazole rings is 1. The number of esters is 1. The number of carboxylic acid groups (broad SMARTS) is 1. The maximum absolute atomic E-state index is 14.1. The number of benzene rings is 2. The zero-order chi connectivity index (χ0) is 34.1. The van der Waals surface area contributed by atoms with Crippen LogP contribution in [0.5, 0.6) is 0 Å². The van der Waals surface area contributed by atoms with Crippen LogP contribution in [0.2, 0.25) is 0 Å². The van der Waals surface area contributed by atoms with Gasteiger partial charge in [0.1, 0.15) is 12.1 Å². The molecule has 5 N–H and O–H groups in total. The van der Waals surface area contributed by atoms with Gasteiger partial charge in [-0.2, -0.15) is 0 Å². The quantitative estimate of drug-likeness (QED) is 0.153. The monoisotopic (exact) mass is 649 g/mol. The predicted octanol–water partition coefficient (Wildman–Crippen LogP) is 1.98. The first-order chi connectivity index (χ1) is 22.5. The van der Waals surface area contributed by atoms with Crippen molar-refractivity contribution >= 4 is 40.4 Å². The number of H-pyrrole nitrogens is 1. The summed E-state index contributed by atoms with van der Waals surface area (Å²) in [5.41, 5.74) is 1.36. The Morgan fingerprint density at radius 3 is 2.47 bits per heavy atom. The molecule has 252 valence electrons. The highest BCUT2D eigenvalue weighted by Crippen LogP contribution is 2.26. The summed E-state index contributed by atoms with van der Waals surface area (Å²) in [6, 6.07) is 10.4. The number of amides is 3. The number of nitrogens with one attached hydrogen (secondary N) is 3. The molecule has 0 saturated carbocycles. The molecule has 13 nitrogen and oxygen atoms in total. The molecule has 3 amide bonds. The van der Waals surface area contributed by atoms with Crippen LogP contribution in [0.15, 0.2) is 55.0 Å². The maximum atomic E-state index is 14.1. The van der Waals surface area contributed by atoms with E-state index in [-0.39, 0.29) is 37.5 Å². The molecular formula is C34H43N5O8. The Morgan fingerprint density at radius 2 is 1.79 bits per heavy atom. The van der Waals surface area contributed by atoms with Gasteiger partial charge in [-0.1, -0.05) is 56.3 Å². The first kappa shape index (κ1) is 35.1. The molecule has 1 aliphatic rings. The summed E-state index contributed by atoms with van der Waals surface area (Å²) in [4.78, 5) is 73.8. The van der Waals surface area contributed by atoms with Crippen LogP contribution < -0.4 is 10.6 Å². The summed E-state index contributed by atoms with van der Waals surface area (Å²) in [5.74, 6) is -4.62. The Balaban J connectivity index is 1.63. The number of fused-ring (bicyclic) bond motifs is 1. The Kier molecular flexibility index (Phi) is 12.1. The number of aromatic amines is 1. The zero-order valence-corrected chi connectivity index (χ0v) is 26.8. The number of ether oxygens (including phenoxy) is 1. The van der Waals surface area contributed by atoms with E-state index in [1.54, 1.807) is 0 Å². The number of aliphatic carboxylic acids is 1. The van der Waals surface area contributed by atoms with Crippen LogP contribution in [-0.4, -0.2) is 92.6 Å². The van der Waals surface area contributed by atoms with Gasteiger partial charge in [-0.3, -0.25) is 14.4 Å². The number of aliphatic hydroxyl groups is 1. The van der Waals surface area contributed by atoms with E-state index in [0.717, 1.165) is 16.3 Å². The van der Waals surface area contributed by atoms with E-state index in [9.17, 15) is 34.2 Å². The van der Waals surface area contributed by atoms with Crippen LogP contribution >= 0.6 is 0 Å². The molecule has 4 rings (SSSR count). The minimum absolute atomic E-state index is 0.0133. The van der Waals surface area contributed by atoms with Crippen LogP contribution in [0.1, 0.15) is 50.8 Å². The lowest BCUT2D eigenvalue weighted by Crippen LogP contribution is -2.56. The van der Waals surface area contributed by atoms with Gasteiger partial charge in [-0.05, 0) is 47.9 Å². The molecule has 0 bridgehead atoms. The standard InChI is InChI=1S/C34H43N5O8/c1-20(2)14-26(30(41)33(44)45)37-32(43)27(17-24-18-35-19-36-24)38-31(42)23(15-22-10-6-9-21-8-4-5-11-25(21)22)16-29(40)39-13-7-12-28(39)34(46)47-3/h4-6,8-11,18-20,23,26-28,30,41H,7,12-17H2,1-3H3,(H,35,36)(H,37,43)(H,38,42)(H,44,45)/t23?,26-,27-,28-,30?/m0/s1. The lowest BCUT2D eigenvalue weighted by Gasteiger charge is -2.28. The van der Waals surface area contributed by atoms with Crippen LogP contribution in [0.25, 0.3) is 10.8 Å². The summed E-state index contributed by atoms with van der Waals surface area (Å²) in [7, 11) is 1.27. The summed E-state index contributed by atoms with van der Waals surface area (Å²) in [6.07, 6.45) is 2.27. The Labute approximate surface area is 273 Å². The molecule has 1 fully saturated rings. The van der Waals surface area contributed by atoms with Crippen LogP contribution in [0.3, 0.4) is 0 Å². The maximum Gasteiger partial charge on any atom is 0.334 e. The summed E-state index contributed by atoms with van der Waals surface area (Å²) in [6.45, 7) is 4.02. The van der Waals surface area contributed by atoms with E-state index in [1.165, 1.54) is 24.5 Å². The summed E-state index contributed by atoms with van der Waals surface area (Å²) in [5, 5.41) is 27.1. The van der Waals surface area contributed by atoms with Crippen molar-refractivity contribution in [2.24, 2.45) is 11.8 Å². The van der Waals surface area contributed by atoms with Crippen molar-refractivity contribution in [3.8, 4) is 0 Å². The minimum Gasteiger partial charge on any atom is -0.479 e. The molecule has 2 aromatic carbocycles. The van der Waals surface area contributed by atoms with Gasteiger partial charge >= 0.3 is 11.9 Å². The van der Waals surface area contributed by atoms with Gasteiger partial charge in [0.15, 0.2) is 6.10 Å². The van der Waals surface area contributed by atoms with Gasteiger partial charge in [0, 0.05) is 31.3 Å². The smallest absolute Gasteiger partial charge is 0.334 e. The molecule has 13 heteroatoms. The second-order valence-electron chi connectivity index (χ2n) is 12.4. The highest BCUT2D eigenvalue weighted by atomic mass is 16.5. The number of hydrogen-bond donors (Lipinski definition) is 5. The normalized spacial score (nSPS) is 17.1. The average Bonchev–Trinajstić information content (AvgIpc) is 3.76. The van der Waals surface area contributed by atoms with Crippen molar-refractivity contribution in [2.75, 3.05) is 13.7 Å². The second kappa shape index (κ2) is 16.2. The van der Waals surface area contributed by atoms with E-state index in [4.69, 9.17) is 4.74 Å².